The number of hydrogen-bond acceptors (Lipinski definition) is 6. The second kappa shape index (κ2) is 9.06. The molecule has 1 saturated carbocycles. The average molecular weight is 494 g/mol. The van der Waals surface area contributed by atoms with Gasteiger partial charge in [0, 0.05) is 30.9 Å². The van der Waals surface area contributed by atoms with Crippen LogP contribution in [0.15, 0.2) is 24.5 Å². The Balaban J connectivity index is 1.36. The fraction of sp³-hybridized carbons (Fsp3) is 0.667. The molecule has 0 aromatic carbocycles. The Morgan fingerprint density at radius 2 is 2.00 bits per heavy atom. The molecule has 4 fully saturated rings. The average Bonchev–Trinajstić information content (AvgIpc) is 3.42. The van der Waals surface area contributed by atoms with Crippen LogP contribution in [-0.2, 0) is 14.3 Å². The van der Waals surface area contributed by atoms with E-state index in [1.807, 2.05) is 17.0 Å². The summed E-state index contributed by atoms with van der Waals surface area (Å²) in [7, 11) is 0. The zero-order valence-corrected chi connectivity index (χ0v) is 21.3. The number of hydrogen-bond donors (Lipinski definition) is 1. The van der Waals surface area contributed by atoms with Gasteiger partial charge in [-0.3, -0.25) is 14.6 Å². The largest absolute Gasteiger partial charge is 0.444 e. The zero-order chi connectivity index (χ0) is 25.7. The number of carbonyl (C=O) groups is 3. The highest BCUT2D eigenvalue weighted by Crippen LogP contribution is 2.58. The van der Waals surface area contributed by atoms with E-state index in [2.05, 4.69) is 16.4 Å². The first-order valence-corrected chi connectivity index (χ1v) is 13.1. The molecule has 0 radical (unpaired) electrons. The molecular formula is C27H35N5O4. The predicted molar refractivity (Wildman–Crippen MR) is 130 cm³/mol. The highest BCUT2D eigenvalue weighted by molar-refractivity contribution is 5.93. The van der Waals surface area contributed by atoms with Gasteiger partial charge in [0.1, 0.15) is 17.7 Å². The van der Waals surface area contributed by atoms with Crippen molar-refractivity contribution in [3.63, 3.8) is 0 Å². The van der Waals surface area contributed by atoms with Crippen molar-refractivity contribution in [2.45, 2.75) is 101 Å². The normalized spacial score (nSPS) is 30.9. The summed E-state index contributed by atoms with van der Waals surface area (Å²) in [5.74, 6) is -0.644. The third kappa shape index (κ3) is 4.31. The molecule has 3 saturated heterocycles. The summed E-state index contributed by atoms with van der Waals surface area (Å²) in [4.78, 5) is 48.0. The van der Waals surface area contributed by atoms with E-state index in [9.17, 15) is 19.6 Å². The first kappa shape index (κ1) is 24.5. The first-order chi connectivity index (χ1) is 17.1. The molecule has 4 aliphatic rings. The number of nitriles is 1. The van der Waals surface area contributed by atoms with Crippen LogP contribution in [0.4, 0.5) is 4.79 Å². The topological polar surface area (TPSA) is 116 Å². The number of rotatable bonds is 3. The van der Waals surface area contributed by atoms with Gasteiger partial charge in [0.05, 0.1) is 17.5 Å². The molecule has 5 rings (SSSR count). The Bertz CT molecular complexity index is 1070. The monoisotopic (exact) mass is 493 g/mol. The van der Waals surface area contributed by atoms with Crippen molar-refractivity contribution in [3.05, 3.63) is 30.1 Å². The van der Waals surface area contributed by atoms with E-state index in [1.165, 1.54) is 0 Å². The van der Waals surface area contributed by atoms with Crippen LogP contribution in [0.5, 0.6) is 0 Å². The highest BCUT2D eigenvalue weighted by Gasteiger charge is 2.64. The smallest absolute Gasteiger partial charge is 0.408 e. The number of aromatic nitrogens is 1. The lowest BCUT2D eigenvalue weighted by atomic mass is 9.85. The van der Waals surface area contributed by atoms with E-state index in [0.29, 0.717) is 19.4 Å². The maximum atomic E-state index is 14.1. The minimum Gasteiger partial charge on any atom is -0.444 e. The van der Waals surface area contributed by atoms with Crippen molar-refractivity contribution in [2.24, 2.45) is 5.92 Å². The van der Waals surface area contributed by atoms with E-state index in [0.717, 1.165) is 37.7 Å². The molecule has 4 heterocycles. The second-order valence-electron chi connectivity index (χ2n) is 11.7. The van der Waals surface area contributed by atoms with Gasteiger partial charge >= 0.3 is 6.09 Å². The van der Waals surface area contributed by atoms with Crippen LogP contribution in [0.25, 0.3) is 0 Å². The molecule has 0 unspecified atom stereocenters. The summed E-state index contributed by atoms with van der Waals surface area (Å²) in [6.07, 6.45) is 8.01. The summed E-state index contributed by atoms with van der Waals surface area (Å²) >= 11 is 0. The SMILES string of the molecule is CC(C)(C)OC(=O)N[C@H]1CCC[C@H]2CC[C@@H](C(=O)N3C[C@@H](c4cccnc4)[C@H](C#N)C34CC4)N2C1=O. The quantitative estimate of drug-likeness (QED) is 0.692. The van der Waals surface area contributed by atoms with Gasteiger partial charge in [-0.15, -0.1) is 0 Å². The van der Waals surface area contributed by atoms with Crippen molar-refractivity contribution in [2.75, 3.05) is 6.54 Å². The van der Waals surface area contributed by atoms with Crippen LogP contribution in [-0.4, -0.2) is 68.5 Å². The van der Waals surface area contributed by atoms with E-state index < -0.39 is 29.3 Å². The van der Waals surface area contributed by atoms with Gasteiger partial charge in [-0.05, 0) is 77.3 Å². The fourth-order valence-corrected chi connectivity index (χ4v) is 6.51. The molecule has 9 heteroatoms. The van der Waals surface area contributed by atoms with Gasteiger partial charge < -0.3 is 19.9 Å². The van der Waals surface area contributed by atoms with Crippen LogP contribution in [0, 0.1) is 17.2 Å². The second-order valence-corrected chi connectivity index (χ2v) is 11.7. The van der Waals surface area contributed by atoms with E-state index in [-0.39, 0.29) is 29.7 Å². The third-order valence-corrected chi connectivity index (χ3v) is 8.24. The number of fused-ring (bicyclic) bond motifs is 1. The van der Waals surface area contributed by atoms with Crippen LogP contribution in [0.2, 0.25) is 0 Å². The lowest BCUT2D eigenvalue weighted by Crippen LogP contribution is -2.56. The maximum absolute atomic E-state index is 14.1. The van der Waals surface area contributed by atoms with Gasteiger partial charge in [0.2, 0.25) is 11.8 Å². The maximum Gasteiger partial charge on any atom is 0.408 e. The number of alkyl carbamates (subject to hydrolysis) is 1. The van der Waals surface area contributed by atoms with Crippen molar-refractivity contribution in [1.82, 2.24) is 20.1 Å². The number of amides is 3. The fourth-order valence-electron chi connectivity index (χ4n) is 6.51. The van der Waals surface area contributed by atoms with Crippen LogP contribution >= 0.6 is 0 Å². The van der Waals surface area contributed by atoms with E-state index in [4.69, 9.17) is 4.74 Å². The number of likely N-dealkylation sites (tertiary alicyclic amines) is 1. The minimum absolute atomic E-state index is 0.00414. The molecule has 192 valence electrons. The Morgan fingerprint density at radius 3 is 2.64 bits per heavy atom. The number of ether oxygens (including phenoxy) is 1. The molecule has 1 spiro atoms. The Hall–Kier alpha value is -3.15. The number of pyridine rings is 1. The van der Waals surface area contributed by atoms with Crippen LogP contribution in [0.3, 0.4) is 0 Å². The molecule has 1 N–H and O–H groups in total. The molecule has 3 aliphatic heterocycles. The molecule has 1 aromatic heterocycles. The summed E-state index contributed by atoms with van der Waals surface area (Å²) in [5, 5.41) is 12.8. The van der Waals surface area contributed by atoms with Crippen molar-refractivity contribution < 1.29 is 19.1 Å². The molecule has 3 amide bonds. The molecular weight excluding hydrogens is 458 g/mol. The van der Waals surface area contributed by atoms with Gasteiger partial charge in [0.25, 0.3) is 0 Å². The van der Waals surface area contributed by atoms with Crippen molar-refractivity contribution in [3.8, 4) is 6.07 Å². The summed E-state index contributed by atoms with van der Waals surface area (Å²) in [6, 6.07) is 5.07. The number of carbonyl (C=O) groups excluding carboxylic acids is 3. The van der Waals surface area contributed by atoms with Crippen molar-refractivity contribution >= 4 is 17.9 Å². The molecule has 5 atom stereocenters. The van der Waals surface area contributed by atoms with Crippen LogP contribution < -0.4 is 5.32 Å². The summed E-state index contributed by atoms with van der Waals surface area (Å²) < 4.78 is 5.38. The standard InChI is InChI=1S/C27H35N5O4/c1-26(2,3)36-25(35)30-21-8-4-7-18-9-10-22(32(18)23(21)33)24(34)31-16-19(17-6-5-13-29-15-17)20(14-28)27(31)11-12-27/h5-6,13,15,18-22H,4,7-12,16H2,1-3H3,(H,30,35)/t18-,19-,20-,21-,22-/m0/s1. The Morgan fingerprint density at radius 1 is 1.22 bits per heavy atom. The van der Waals surface area contributed by atoms with Crippen molar-refractivity contribution in [1.29, 1.82) is 5.26 Å². The summed E-state index contributed by atoms with van der Waals surface area (Å²) in [6.45, 7) is 5.81. The van der Waals surface area contributed by atoms with E-state index in [1.54, 1.807) is 38.1 Å². The molecule has 1 aromatic rings. The predicted octanol–water partition coefficient (Wildman–Crippen LogP) is 3.12. The summed E-state index contributed by atoms with van der Waals surface area (Å²) in [5.41, 5.74) is -0.140. The Labute approximate surface area is 212 Å². The molecule has 0 bridgehead atoms. The van der Waals surface area contributed by atoms with E-state index >= 15 is 0 Å². The van der Waals surface area contributed by atoms with Gasteiger partial charge in [-0.1, -0.05) is 6.07 Å². The lowest BCUT2D eigenvalue weighted by Gasteiger charge is -2.35. The van der Waals surface area contributed by atoms with Gasteiger partial charge in [-0.2, -0.15) is 5.26 Å². The highest BCUT2D eigenvalue weighted by atomic mass is 16.6. The first-order valence-electron chi connectivity index (χ1n) is 13.1. The minimum atomic E-state index is -0.707. The molecule has 1 aliphatic carbocycles. The van der Waals surface area contributed by atoms with Gasteiger partial charge in [0.15, 0.2) is 0 Å². The molecule has 9 nitrogen and oxygen atoms in total. The number of nitrogens with zero attached hydrogens (tertiary/aromatic N) is 4. The third-order valence-electron chi connectivity index (χ3n) is 8.24. The Kier molecular flexibility index (Phi) is 6.17. The van der Waals surface area contributed by atoms with Crippen LogP contribution in [0.1, 0.15) is 77.2 Å². The zero-order valence-electron chi connectivity index (χ0n) is 21.3. The molecule has 36 heavy (non-hydrogen) atoms. The van der Waals surface area contributed by atoms with Gasteiger partial charge in [-0.25, -0.2) is 4.79 Å². The lowest BCUT2D eigenvalue weighted by molar-refractivity contribution is -0.147. The number of nitrogens with one attached hydrogen (secondary N) is 1.